The van der Waals surface area contributed by atoms with E-state index in [4.69, 9.17) is 9.72 Å². The largest absolute Gasteiger partial charge is 0.490 e. The van der Waals surface area contributed by atoms with Crippen LogP contribution in [0.5, 0.6) is 5.75 Å². The van der Waals surface area contributed by atoms with Crippen LogP contribution in [0.25, 0.3) is 22.2 Å². The van der Waals surface area contributed by atoms with Crippen molar-refractivity contribution in [3.63, 3.8) is 0 Å². The van der Waals surface area contributed by atoms with Crippen molar-refractivity contribution in [1.29, 1.82) is 0 Å². The number of hydrogen-bond donors (Lipinski definition) is 0. The molecule has 1 heterocycles. The second-order valence-electron chi connectivity index (χ2n) is 5.95. The molecule has 1 aromatic heterocycles. The zero-order valence-electron chi connectivity index (χ0n) is 14.0. The molecule has 0 fully saturated rings. The van der Waals surface area contributed by atoms with Gasteiger partial charge in [-0.25, -0.2) is 4.98 Å². The molecule has 0 saturated heterocycles. The number of hydrogen-bond acceptors (Lipinski definition) is 2. The van der Waals surface area contributed by atoms with Gasteiger partial charge >= 0.3 is 0 Å². The Morgan fingerprint density at radius 3 is 2.39 bits per heavy atom. The molecule has 0 bridgehead atoms. The molecule has 0 aliphatic heterocycles. The summed E-state index contributed by atoms with van der Waals surface area (Å²) in [6, 6.07) is 18.7. The highest BCUT2D eigenvalue weighted by molar-refractivity contribution is 5.88. The summed E-state index contributed by atoms with van der Waals surface area (Å²) < 4.78 is 6.29. The van der Waals surface area contributed by atoms with E-state index in [1.165, 1.54) is 5.56 Å². The van der Waals surface area contributed by atoms with Crippen LogP contribution >= 0.6 is 0 Å². The van der Waals surface area contributed by atoms with Gasteiger partial charge in [-0.1, -0.05) is 50.2 Å². The van der Waals surface area contributed by atoms with E-state index < -0.39 is 0 Å². The molecule has 0 N–H and O–H groups in total. The molecule has 2 heteroatoms. The van der Waals surface area contributed by atoms with E-state index in [1.807, 2.05) is 18.2 Å². The maximum Gasteiger partial charge on any atom is 0.131 e. The van der Waals surface area contributed by atoms with E-state index in [-0.39, 0.29) is 6.10 Å². The third-order valence-corrected chi connectivity index (χ3v) is 4.20. The zero-order valence-corrected chi connectivity index (χ0v) is 14.0. The van der Waals surface area contributed by atoms with Crippen molar-refractivity contribution in [2.75, 3.05) is 0 Å². The minimum atomic E-state index is 0.241. The lowest BCUT2D eigenvalue weighted by molar-refractivity contribution is 0.195. The third kappa shape index (κ3) is 3.37. The summed E-state index contributed by atoms with van der Waals surface area (Å²) in [5.74, 6) is 0.933. The van der Waals surface area contributed by atoms with Gasteiger partial charge in [0.05, 0.1) is 17.3 Å². The first-order valence-corrected chi connectivity index (χ1v) is 8.34. The number of ether oxygens (including phenoxy) is 1. The molecule has 0 radical (unpaired) electrons. The third-order valence-electron chi connectivity index (χ3n) is 4.20. The van der Waals surface area contributed by atoms with Crippen molar-refractivity contribution in [1.82, 2.24) is 4.98 Å². The van der Waals surface area contributed by atoms with Crippen molar-refractivity contribution < 1.29 is 4.74 Å². The molecule has 0 aliphatic carbocycles. The quantitative estimate of drug-likeness (QED) is 0.596. The number of rotatable bonds is 5. The Balaban J connectivity index is 2.15. The lowest BCUT2D eigenvalue weighted by Gasteiger charge is -2.18. The smallest absolute Gasteiger partial charge is 0.131 e. The van der Waals surface area contributed by atoms with Crippen LogP contribution < -0.4 is 4.74 Å². The standard InChI is InChI=1S/C21H23NO/c1-4-17(5-2)23-21-14-19(16-9-7-6-8-10-16)22-20-13-15(3)11-12-18(20)21/h6-14,17H,4-5H2,1-3H3. The molecule has 2 nitrogen and oxygen atoms in total. The summed E-state index contributed by atoms with van der Waals surface area (Å²) in [6.07, 6.45) is 2.25. The van der Waals surface area contributed by atoms with Crippen molar-refractivity contribution in [2.24, 2.45) is 0 Å². The van der Waals surface area contributed by atoms with Crippen LogP contribution in [0.15, 0.2) is 54.6 Å². The van der Waals surface area contributed by atoms with Gasteiger partial charge < -0.3 is 4.74 Å². The highest BCUT2D eigenvalue weighted by atomic mass is 16.5. The normalized spacial score (nSPS) is 11.1. The van der Waals surface area contributed by atoms with Crippen LogP contribution in [0.2, 0.25) is 0 Å². The Hall–Kier alpha value is -2.35. The van der Waals surface area contributed by atoms with Gasteiger partial charge in [-0.2, -0.15) is 0 Å². The van der Waals surface area contributed by atoms with Gasteiger partial charge in [-0.3, -0.25) is 0 Å². The highest BCUT2D eigenvalue weighted by Crippen LogP contribution is 2.31. The molecule has 0 amide bonds. The molecule has 0 aliphatic rings. The Kier molecular flexibility index (Phi) is 4.61. The van der Waals surface area contributed by atoms with Crippen LogP contribution in [0.1, 0.15) is 32.3 Å². The number of pyridine rings is 1. The molecule has 23 heavy (non-hydrogen) atoms. The fourth-order valence-corrected chi connectivity index (χ4v) is 2.80. The molecule has 0 saturated carbocycles. The topological polar surface area (TPSA) is 22.1 Å². The van der Waals surface area contributed by atoms with Gasteiger partial charge in [-0.05, 0) is 37.5 Å². The number of aryl methyl sites for hydroxylation is 1. The number of nitrogens with zero attached hydrogens (tertiary/aromatic N) is 1. The fraction of sp³-hybridized carbons (Fsp3) is 0.286. The Bertz CT molecular complexity index is 792. The first-order valence-electron chi connectivity index (χ1n) is 8.34. The molecular weight excluding hydrogens is 282 g/mol. The number of benzene rings is 2. The SMILES string of the molecule is CCC(CC)Oc1cc(-c2ccccc2)nc2cc(C)ccc12. The highest BCUT2D eigenvalue weighted by Gasteiger charge is 2.12. The fourth-order valence-electron chi connectivity index (χ4n) is 2.80. The van der Waals surface area contributed by atoms with E-state index in [2.05, 4.69) is 57.2 Å². The van der Waals surface area contributed by atoms with Crippen molar-refractivity contribution in [3.05, 3.63) is 60.2 Å². The van der Waals surface area contributed by atoms with Crippen molar-refractivity contribution in [3.8, 4) is 17.0 Å². The molecule has 0 atom stereocenters. The van der Waals surface area contributed by atoms with Crippen molar-refractivity contribution in [2.45, 2.75) is 39.7 Å². The first kappa shape index (κ1) is 15.5. The van der Waals surface area contributed by atoms with E-state index in [0.717, 1.165) is 40.8 Å². The van der Waals surface area contributed by atoms with Gasteiger partial charge in [0.25, 0.3) is 0 Å². The maximum atomic E-state index is 6.29. The van der Waals surface area contributed by atoms with Gasteiger partial charge in [0.15, 0.2) is 0 Å². The van der Waals surface area contributed by atoms with E-state index in [9.17, 15) is 0 Å². The summed E-state index contributed by atoms with van der Waals surface area (Å²) >= 11 is 0. The van der Waals surface area contributed by atoms with E-state index >= 15 is 0 Å². The van der Waals surface area contributed by atoms with Gasteiger partial charge in [-0.15, -0.1) is 0 Å². The second-order valence-corrected chi connectivity index (χ2v) is 5.95. The zero-order chi connectivity index (χ0) is 16.2. The van der Waals surface area contributed by atoms with Crippen molar-refractivity contribution >= 4 is 10.9 Å². The molecule has 2 aromatic carbocycles. The van der Waals surface area contributed by atoms with Crippen LogP contribution in [0.4, 0.5) is 0 Å². The summed E-state index contributed by atoms with van der Waals surface area (Å²) in [5.41, 5.74) is 4.28. The summed E-state index contributed by atoms with van der Waals surface area (Å²) in [7, 11) is 0. The predicted molar refractivity (Wildman–Crippen MR) is 96.9 cm³/mol. The Morgan fingerprint density at radius 1 is 0.957 bits per heavy atom. The summed E-state index contributed by atoms with van der Waals surface area (Å²) in [6.45, 7) is 6.43. The molecule has 118 valence electrons. The minimum Gasteiger partial charge on any atom is -0.490 e. The monoisotopic (exact) mass is 305 g/mol. The Labute approximate surface area is 138 Å². The number of aromatic nitrogens is 1. The average molecular weight is 305 g/mol. The minimum absolute atomic E-state index is 0.241. The molecule has 0 spiro atoms. The molecule has 3 rings (SSSR count). The van der Waals surface area contributed by atoms with E-state index in [0.29, 0.717) is 0 Å². The molecular formula is C21H23NO. The van der Waals surface area contributed by atoms with Gasteiger partial charge in [0, 0.05) is 17.0 Å². The lowest BCUT2D eigenvalue weighted by Crippen LogP contribution is -2.14. The Morgan fingerprint density at radius 2 is 1.70 bits per heavy atom. The summed E-state index contributed by atoms with van der Waals surface area (Å²) in [4.78, 5) is 4.85. The summed E-state index contributed by atoms with van der Waals surface area (Å²) in [5, 5.41) is 1.09. The van der Waals surface area contributed by atoms with E-state index in [1.54, 1.807) is 0 Å². The van der Waals surface area contributed by atoms with Crippen LogP contribution in [-0.2, 0) is 0 Å². The number of fused-ring (bicyclic) bond motifs is 1. The van der Waals surface area contributed by atoms with Gasteiger partial charge in [0.1, 0.15) is 5.75 Å². The predicted octanol–water partition coefficient (Wildman–Crippen LogP) is 5.78. The first-order chi connectivity index (χ1) is 11.2. The maximum absolute atomic E-state index is 6.29. The van der Waals surface area contributed by atoms with Crippen LogP contribution in [0, 0.1) is 6.92 Å². The second kappa shape index (κ2) is 6.82. The van der Waals surface area contributed by atoms with Crippen LogP contribution in [-0.4, -0.2) is 11.1 Å². The molecule has 3 aromatic rings. The average Bonchev–Trinajstić information content (AvgIpc) is 2.59. The van der Waals surface area contributed by atoms with Crippen LogP contribution in [0.3, 0.4) is 0 Å². The molecule has 0 unspecified atom stereocenters. The van der Waals surface area contributed by atoms with Gasteiger partial charge in [0.2, 0.25) is 0 Å². The lowest BCUT2D eigenvalue weighted by atomic mass is 10.1.